The van der Waals surface area contributed by atoms with Crippen LogP contribution in [0.25, 0.3) is 22.5 Å². The Morgan fingerprint density at radius 1 is 1.03 bits per heavy atom. The number of tetrazole rings is 1. The monoisotopic (exact) mass is 467 g/mol. The Kier molecular flexibility index (Phi) is 6.85. The van der Waals surface area contributed by atoms with Gasteiger partial charge in [-0.2, -0.15) is 0 Å². The first-order chi connectivity index (χ1) is 17.2. The molecule has 5 rings (SSSR count). The molecule has 0 spiro atoms. The predicted molar refractivity (Wildman–Crippen MR) is 134 cm³/mol. The van der Waals surface area contributed by atoms with Gasteiger partial charge in [0.2, 0.25) is 5.82 Å². The number of hydrogen-bond acceptors (Lipinski definition) is 5. The molecular formula is C27H29N7O. The van der Waals surface area contributed by atoms with Crippen LogP contribution in [0, 0.1) is 17.8 Å². The van der Waals surface area contributed by atoms with Gasteiger partial charge in [-0.1, -0.05) is 80.6 Å². The summed E-state index contributed by atoms with van der Waals surface area (Å²) >= 11 is 0. The van der Waals surface area contributed by atoms with Crippen LogP contribution in [0.4, 0.5) is 0 Å². The van der Waals surface area contributed by atoms with E-state index in [4.69, 9.17) is 0 Å². The van der Waals surface area contributed by atoms with Crippen LogP contribution in [-0.4, -0.2) is 35.0 Å². The summed E-state index contributed by atoms with van der Waals surface area (Å²) in [7, 11) is 0. The molecule has 2 aromatic heterocycles. The van der Waals surface area contributed by atoms with Gasteiger partial charge in [-0.25, -0.2) is 14.6 Å². The maximum Gasteiger partial charge on any atom is 0.347 e. The zero-order chi connectivity index (χ0) is 24.0. The lowest BCUT2D eigenvalue weighted by atomic mass is 9.89. The van der Waals surface area contributed by atoms with Gasteiger partial charge in [-0.3, -0.25) is 4.57 Å². The molecule has 0 saturated heterocycles. The quantitative estimate of drug-likeness (QED) is 0.427. The third kappa shape index (κ3) is 5.09. The average molecular weight is 468 g/mol. The number of aromatic amines is 1. The van der Waals surface area contributed by atoms with Crippen molar-refractivity contribution in [1.82, 2.24) is 35.0 Å². The fourth-order valence-electron chi connectivity index (χ4n) is 4.76. The molecule has 0 amide bonds. The highest BCUT2D eigenvalue weighted by Gasteiger charge is 2.19. The minimum atomic E-state index is -0.0804. The van der Waals surface area contributed by atoms with E-state index in [9.17, 15) is 4.79 Å². The second-order valence-corrected chi connectivity index (χ2v) is 9.03. The minimum Gasteiger partial charge on any atom is -0.264 e. The first-order valence-electron chi connectivity index (χ1n) is 12.3. The Bertz CT molecular complexity index is 1380. The first kappa shape index (κ1) is 22.8. The maximum atomic E-state index is 13.3. The summed E-state index contributed by atoms with van der Waals surface area (Å²) in [5.74, 6) is 7.87. The lowest BCUT2D eigenvalue weighted by molar-refractivity contribution is 0.303. The van der Waals surface area contributed by atoms with Gasteiger partial charge in [0.25, 0.3) is 0 Å². The summed E-state index contributed by atoms with van der Waals surface area (Å²) in [6.45, 7) is 3.11. The molecule has 8 nitrogen and oxygen atoms in total. The van der Waals surface area contributed by atoms with Crippen molar-refractivity contribution in [2.24, 2.45) is 5.92 Å². The summed E-state index contributed by atoms with van der Waals surface area (Å²) in [5.41, 5.74) is 3.95. The van der Waals surface area contributed by atoms with E-state index in [0.717, 1.165) is 28.7 Å². The molecule has 2 heterocycles. The van der Waals surface area contributed by atoms with Crippen molar-refractivity contribution in [2.45, 2.75) is 58.5 Å². The van der Waals surface area contributed by atoms with Crippen molar-refractivity contribution in [2.75, 3.05) is 0 Å². The summed E-state index contributed by atoms with van der Waals surface area (Å²) in [4.78, 5) is 13.3. The molecule has 4 aromatic rings. The Labute approximate surface area is 204 Å². The number of H-pyrrole nitrogens is 1. The van der Waals surface area contributed by atoms with Crippen molar-refractivity contribution in [3.05, 3.63) is 70.4 Å². The van der Waals surface area contributed by atoms with E-state index in [1.807, 2.05) is 43.3 Å². The van der Waals surface area contributed by atoms with E-state index >= 15 is 0 Å². The van der Waals surface area contributed by atoms with Crippen LogP contribution in [0.2, 0.25) is 0 Å². The molecule has 0 atom stereocenters. The molecule has 35 heavy (non-hydrogen) atoms. The van der Waals surface area contributed by atoms with Gasteiger partial charge in [0.15, 0.2) is 5.82 Å². The molecule has 1 fully saturated rings. The third-order valence-corrected chi connectivity index (χ3v) is 6.59. The molecule has 0 aliphatic heterocycles. The fourth-order valence-corrected chi connectivity index (χ4v) is 4.76. The van der Waals surface area contributed by atoms with Crippen molar-refractivity contribution >= 4 is 0 Å². The summed E-state index contributed by atoms with van der Waals surface area (Å²) in [6, 6.07) is 16.2. The van der Waals surface area contributed by atoms with Gasteiger partial charge in [-0.15, -0.1) is 10.2 Å². The molecule has 0 bridgehead atoms. The predicted octanol–water partition coefficient (Wildman–Crippen LogP) is 4.28. The van der Waals surface area contributed by atoms with Crippen LogP contribution in [0.3, 0.4) is 0 Å². The van der Waals surface area contributed by atoms with Crippen LogP contribution in [0.1, 0.15) is 56.8 Å². The number of rotatable bonds is 6. The molecule has 1 N–H and O–H groups in total. The molecule has 2 aromatic carbocycles. The van der Waals surface area contributed by atoms with Gasteiger partial charge in [0, 0.05) is 18.5 Å². The highest BCUT2D eigenvalue weighted by Crippen LogP contribution is 2.30. The van der Waals surface area contributed by atoms with Gasteiger partial charge in [-0.05, 0) is 51.8 Å². The van der Waals surface area contributed by atoms with E-state index in [1.165, 1.54) is 32.1 Å². The van der Waals surface area contributed by atoms with Crippen molar-refractivity contribution in [1.29, 1.82) is 0 Å². The van der Waals surface area contributed by atoms with Crippen LogP contribution in [0.15, 0.2) is 53.3 Å². The van der Waals surface area contributed by atoms with Crippen LogP contribution >= 0.6 is 0 Å². The SMILES string of the molecule is CCC#Cc1nn(CC2CCCCC2)c(=O)n1Cc1ccc(-c2ccccc2-c2nnn[nH]2)cc1. The normalized spacial score (nSPS) is 14.0. The Balaban J connectivity index is 1.41. The zero-order valence-electron chi connectivity index (χ0n) is 19.9. The molecule has 1 saturated carbocycles. The van der Waals surface area contributed by atoms with Crippen molar-refractivity contribution in [3.63, 3.8) is 0 Å². The molecule has 178 valence electrons. The van der Waals surface area contributed by atoms with E-state index < -0.39 is 0 Å². The molecule has 1 aliphatic carbocycles. The fraction of sp³-hybridized carbons (Fsp3) is 0.370. The zero-order valence-corrected chi connectivity index (χ0v) is 19.9. The van der Waals surface area contributed by atoms with E-state index in [2.05, 4.69) is 49.7 Å². The molecule has 0 unspecified atom stereocenters. The standard InChI is InChI=1S/C27H29N7O/c1-2-3-13-25-30-34(19-20-9-5-4-6-10-20)27(35)33(25)18-21-14-16-22(17-15-21)23-11-7-8-12-24(23)26-28-31-32-29-26/h7-8,11-12,14-17,20H,2,4-6,9-10,18-19H2,1H3,(H,28,29,31,32). The minimum absolute atomic E-state index is 0.0804. The second kappa shape index (κ2) is 10.5. The maximum absolute atomic E-state index is 13.3. The van der Waals surface area contributed by atoms with E-state index in [1.54, 1.807) is 9.25 Å². The molecular weight excluding hydrogens is 438 g/mol. The summed E-state index contributed by atoms with van der Waals surface area (Å²) in [5, 5.41) is 18.9. The van der Waals surface area contributed by atoms with Crippen LogP contribution in [-0.2, 0) is 13.1 Å². The number of nitrogens with zero attached hydrogens (tertiary/aromatic N) is 6. The topological polar surface area (TPSA) is 94.3 Å². The van der Waals surface area contributed by atoms with Crippen molar-refractivity contribution < 1.29 is 0 Å². The summed E-state index contributed by atoms with van der Waals surface area (Å²) < 4.78 is 3.33. The van der Waals surface area contributed by atoms with Gasteiger partial charge >= 0.3 is 5.69 Å². The largest absolute Gasteiger partial charge is 0.347 e. The third-order valence-electron chi connectivity index (χ3n) is 6.59. The Hall–Kier alpha value is -3.99. The molecule has 8 heteroatoms. The van der Waals surface area contributed by atoms with Gasteiger partial charge < -0.3 is 0 Å². The van der Waals surface area contributed by atoms with Gasteiger partial charge in [0.05, 0.1) is 6.54 Å². The highest BCUT2D eigenvalue weighted by molar-refractivity contribution is 5.80. The van der Waals surface area contributed by atoms with Crippen LogP contribution < -0.4 is 5.69 Å². The molecule has 1 aliphatic rings. The number of nitrogens with one attached hydrogen (secondary N) is 1. The number of aromatic nitrogens is 7. The second-order valence-electron chi connectivity index (χ2n) is 9.03. The average Bonchev–Trinajstić information content (AvgIpc) is 3.54. The molecule has 0 radical (unpaired) electrons. The van der Waals surface area contributed by atoms with E-state index in [0.29, 0.717) is 30.7 Å². The Morgan fingerprint density at radius 3 is 2.51 bits per heavy atom. The van der Waals surface area contributed by atoms with E-state index in [-0.39, 0.29) is 5.69 Å². The van der Waals surface area contributed by atoms with Gasteiger partial charge in [0.1, 0.15) is 0 Å². The smallest absolute Gasteiger partial charge is 0.264 e. The first-order valence-corrected chi connectivity index (χ1v) is 12.3. The highest BCUT2D eigenvalue weighted by atomic mass is 16.2. The van der Waals surface area contributed by atoms with Crippen LogP contribution in [0.5, 0.6) is 0 Å². The number of hydrogen-bond donors (Lipinski definition) is 1. The number of benzene rings is 2. The lowest BCUT2D eigenvalue weighted by Gasteiger charge is -2.20. The van der Waals surface area contributed by atoms with Crippen molar-refractivity contribution in [3.8, 4) is 34.4 Å². The lowest BCUT2D eigenvalue weighted by Crippen LogP contribution is -2.28. The summed E-state index contributed by atoms with van der Waals surface area (Å²) in [6.07, 6.45) is 6.84. The Morgan fingerprint density at radius 2 is 1.80 bits per heavy atom.